The van der Waals surface area contributed by atoms with E-state index in [1.165, 1.54) is 45.3 Å². The van der Waals surface area contributed by atoms with Crippen LogP contribution in [0.25, 0.3) is 0 Å². The molecule has 2 nitrogen and oxygen atoms in total. The summed E-state index contributed by atoms with van der Waals surface area (Å²) in [6.07, 6.45) is 5.36. The first-order valence-electron chi connectivity index (χ1n) is 5.29. The largest absolute Gasteiger partial charge is 0.315 e. The van der Waals surface area contributed by atoms with Crippen LogP contribution in [0.2, 0.25) is 0 Å². The number of rotatable bonds is 0. The average molecular weight is 170 g/mol. The molecule has 2 rings (SSSR count). The molecule has 12 heavy (non-hydrogen) atoms. The van der Waals surface area contributed by atoms with Gasteiger partial charge in [-0.25, -0.2) is 0 Å². The summed E-state index contributed by atoms with van der Waals surface area (Å²) in [5, 5.41) is 6.96. The van der Waals surface area contributed by atoms with Gasteiger partial charge in [0, 0.05) is 12.1 Å². The van der Waals surface area contributed by atoms with Crippen LogP contribution in [-0.4, -0.2) is 25.2 Å². The lowest BCUT2D eigenvalue weighted by Crippen LogP contribution is -2.41. The normalized spacial score (nSPS) is 33.5. The van der Waals surface area contributed by atoms with Crippen molar-refractivity contribution in [3.8, 4) is 0 Å². The summed E-state index contributed by atoms with van der Waals surface area (Å²) >= 11 is 0. The van der Waals surface area contributed by atoms with Crippen molar-refractivity contribution >= 4 is 0 Å². The average Bonchev–Trinajstić information content (AvgIpc) is 2.66. The molecule has 1 spiro atoms. The van der Waals surface area contributed by atoms with Gasteiger partial charge in [0.05, 0.1) is 0 Å². The molecule has 0 aliphatic carbocycles. The molecule has 0 aromatic heterocycles. The van der Waals surface area contributed by atoms with Gasteiger partial charge in [-0.2, -0.15) is 0 Å². The third-order valence-electron chi connectivity index (χ3n) is 2.58. The van der Waals surface area contributed by atoms with Crippen LogP contribution in [-0.2, 0) is 0 Å². The number of nitrogens with one attached hydrogen (secondary N) is 2. The molecule has 0 aromatic rings. The molecule has 0 aromatic carbocycles. The van der Waals surface area contributed by atoms with Crippen LogP contribution >= 0.6 is 0 Å². The minimum Gasteiger partial charge on any atom is -0.315 e. The quantitative estimate of drug-likeness (QED) is 0.576. The lowest BCUT2D eigenvalue weighted by atomic mass is 9.97. The summed E-state index contributed by atoms with van der Waals surface area (Å²) in [6, 6.07) is 0. The van der Waals surface area contributed by atoms with E-state index in [4.69, 9.17) is 0 Å². The van der Waals surface area contributed by atoms with Gasteiger partial charge in [0.15, 0.2) is 0 Å². The Morgan fingerprint density at radius 2 is 1.92 bits per heavy atom. The van der Waals surface area contributed by atoms with Crippen LogP contribution in [0, 0.1) is 0 Å². The molecule has 0 saturated carbocycles. The molecular formula is C10H22N2. The Bertz CT molecular complexity index is 93.5. The van der Waals surface area contributed by atoms with E-state index < -0.39 is 0 Å². The Balaban J connectivity index is 0.000000213. The van der Waals surface area contributed by atoms with Crippen molar-refractivity contribution in [1.82, 2.24) is 10.6 Å². The highest BCUT2D eigenvalue weighted by molar-refractivity contribution is 4.98. The molecule has 2 heterocycles. The van der Waals surface area contributed by atoms with E-state index >= 15 is 0 Å². The number of hydrogen-bond acceptors (Lipinski definition) is 2. The molecule has 1 unspecified atom stereocenters. The minimum absolute atomic E-state index is 0.528. The van der Waals surface area contributed by atoms with Crippen LogP contribution in [0.1, 0.15) is 39.5 Å². The maximum Gasteiger partial charge on any atom is 0.0318 e. The summed E-state index contributed by atoms with van der Waals surface area (Å²) in [6.45, 7) is 7.90. The second kappa shape index (κ2) is 4.83. The topological polar surface area (TPSA) is 24.1 Å². The Morgan fingerprint density at radius 3 is 2.33 bits per heavy atom. The maximum absolute atomic E-state index is 3.57. The van der Waals surface area contributed by atoms with Crippen molar-refractivity contribution in [3.05, 3.63) is 0 Å². The first-order chi connectivity index (χ1) is 5.83. The SMILES string of the molecule is C1CNC2(C1)CCNC2.CCC. The number of hydrogen-bond donors (Lipinski definition) is 2. The van der Waals surface area contributed by atoms with Crippen LogP contribution in [0.3, 0.4) is 0 Å². The molecule has 0 bridgehead atoms. The van der Waals surface area contributed by atoms with Gasteiger partial charge in [-0.15, -0.1) is 0 Å². The summed E-state index contributed by atoms with van der Waals surface area (Å²) in [4.78, 5) is 0. The molecule has 2 saturated heterocycles. The van der Waals surface area contributed by atoms with Gasteiger partial charge < -0.3 is 10.6 Å². The molecule has 2 heteroatoms. The molecule has 72 valence electrons. The fraction of sp³-hybridized carbons (Fsp3) is 1.00. The Morgan fingerprint density at radius 1 is 1.17 bits per heavy atom. The monoisotopic (exact) mass is 170 g/mol. The van der Waals surface area contributed by atoms with E-state index in [1.807, 2.05) is 0 Å². The van der Waals surface area contributed by atoms with Crippen LogP contribution in [0.5, 0.6) is 0 Å². The van der Waals surface area contributed by atoms with E-state index in [0.29, 0.717) is 5.54 Å². The van der Waals surface area contributed by atoms with Crippen molar-refractivity contribution in [1.29, 1.82) is 0 Å². The summed E-state index contributed by atoms with van der Waals surface area (Å²) in [7, 11) is 0. The van der Waals surface area contributed by atoms with Gasteiger partial charge in [0.25, 0.3) is 0 Å². The highest BCUT2D eigenvalue weighted by atomic mass is 15.1. The smallest absolute Gasteiger partial charge is 0.0318 e. The molecule has 0 radical (unpaired) electrons. The lowest BCUT2D eigenvalue weighted by molar-refractivity contribution is 0.414. The zero-order chi connectivity index (χ0) is 8.86. The van der Waals surface area contributed by atoms with Gasteiger partial charge in [0.1, 0.15) is 0 Å². The molecule has 0 amide bonds. The first-order valence-corrected chi connectivity index (χ1v) is 5.29. The Labute approximate surface area is 76.1 Å². The van der Waals surface area contributed by atoms with Gasteiger partial charge >= 0.3 is 0 Å². The van der Waals surface area contributed by atoms with Crippen molar-refractivity contribution in [3.63, 3.8) is 0 Å². The van der Waals surface area contributed by atoms with Gasteiger partial charge in [-0.05, 0) is 32.4 Å². The fourth-order valence-corrected chi connectivity index (χ4v) is 1.98. The Hall–Kier alpha value is -0.0800. The van der Waals surface area contributed by atoms with Crippen molar-refractivity contribution in [2.75, 3.05) is 19.6 Å². The second-order valence-electron chi connectivity index (χ2n) is 3.94. The van der Waals surface area contributed by atoms with E-state index in [1.54, 1.807) is 0 Å². The predicted molar refractivity (Wildman–Crippen MR) is 53.4 cm³/mol. The predicted octanol–water partition coefficient (Wildman–Crippen LogP) is 1.52. The third kappa shape index (κ3) is 2.46. The van der Waals surface area contributed by atoms with Crippen LogP contribution < -0.4 is 10.6 Å². The Kier molecular flexibility index (Phi) is 4.02. The maximum atomic E-state index is 3.57. The van der Waals surface area contributed by atoms with Crippen LogP contribution in [0.15, 0.2) is 0 Å². The first kappa shape index (κ1) is 10.0. The highest BCUT2D eigenvalue weighted by Gasteiger charge is 2.35. The van der Waals surface area contributed by atoms with Gasteiger partial charge in [-0.1, -0.05) is 20.3 Å². The molecule has 1 atom stereocenters. The standard InChI is InChI=1S/C7H14N2.C3H8/c1-2-7(9-4-1)3-5-8-6-7;1-3-2/h8-9H,1-6H2;3H2,1-2H3. The zero-order valence-electron chi connectivity index (χ0n) is 8.45. The zero-order valence-corrected chi connectivity index (χ0v) is 8.45. The van der Waals surface area contributed by atoms with Crippen molar-refractivity contribution in [2.24, 2.45) is 0 Å². The van der Waals surface area contributed by atoms with E-state index in [-0.39, 0.29) is 0 Å². The molecule has 2 aliphatic rings. The summed E-state index contributed by atoms with van der Waals surface area (Å²) in [5.74, 6) is 0. The second-order valence-corrected chi connectivity index (χ2v) is 3.94. The molecule has 2 fully saturated rings. The molecule has 2 aliphatic heterocycles. The molecule has 2 N–H and O–H groups in total. The summed E-state index contributed by atoms with van der Waals surface area (Å²) in [5.41, 5.74) is 0.528. The van der Waals surface area contributed by atoms with E-state index in [0.717, 1.165) is 0 Å². The van der Waals surface area contributed by atoms with E-state index in [9.17, 15) is 0 Å². The third-order valence-corrected chi connectivity index (χ3v) is 2.58. The van der Waals surface area contributed by atoms with E-state index in [2.05, 4.69) is 24.5 Å². The van der Waals surface area contributed by atoms with Crippen LogP contribution in [0.4, 0.5) is 0 Å². The van der Waals surface area contributed by atoms with Crippen molar-refractivity contribution < 1.29 is 0 Å². The van der Waals surface area contributed by atoms with Gasteiger partial charge in [-0.3, -0.25) is 0 Å². The van der Waals surface area contributed by atoms with Crippen molar-refractivity contribution in [2.45, 2.75) is 45.1 Å². The summed E-state index contributed by atoms with van der Waals surface area (Å²) < 4.78 is 0. The fourth-order valence-electron chi connectivity index (χ4n) is 1.98. The van der Waals surface area contributed by atoms with Gasteiger partial charge in [0.2, 0.25) is 0 Å². The minimum atomic E-state index is 0.528. The highest BCUT2D eigenvalue weighted by Crippen LogP contribution is 2.24. The lowest BCUT2D eigenvalue weighted by Gasteiger charge is -2.21. The molecular weight excluding hydrogens is 148 g/mol.